The summed E-state index contributed by atoms with van der Waals surface area (Å²) in [6.07, 6.45) is 31.3. The zero-order valence-electron chi connectivity index (χ0n) is 35.4. The van der Waals surface area contributed by atoms with Crippen molar-refractivity contribution in [1.82, 2.24) is 4.98 Å². The molecular weight excluding hydrogens is 679 g/mol. The number of allylic oxidation sites excluding steroid dienone is 1. The Labute approximate surface area is 335 Å². The van der Waals surface area contributed by atoms with Gasteiger partial charge in [-0.3, -0.25) is 4.98 Å². The highest BCUT2D eigenvalue weighted by Crippen LogP contribution is 2.67. The molecule has 0 bridgehead atoms. The zero-order valence-corrected chi connectivity index (χ0v) is 35.4. The molecule has 4 aliphatic rings. The molecule has 0 N–H and O–H groups in total. The van der Waals surface area contributed by atoms with Crippen LogP contribution in [0.4, 0.5) is 0 Å². The van der Waals surface area contributed by atoms with Crippen molar-refractivity contribution in [3.63, 3.8) is 0 Å². The molecule has 0 spiro atoms. The van der Waals surface area contributed by atoms with Gasteiger partial charge in [-0.15, -0.1) is 0 Å². The summed E-state index contributed by atoms with van der Waals surface area (Å²) in [5, 5.41) is 0. The van der Waals surface area contributed by atoms with Gasteiger partial charge in [0.1, 0.15) is 17.6 Å². The number of carbonyl (C=O) groups is 1. The van der Waals surface area contributed by atoms with Crippen LogP contribution in [0, 0.1) is 46.3 Å². The summed E-state index contributed by atoms with van der Waals surface area (Å²) >= 11 is 0. The van der Waals surface area contributed by atoms with Gasteiger partial charge in [0.2, 0.25) is 0 Å². The lowest BCUT2D eigenvalue weighted by atomic mass is 9.47. The number of hydrogen-bond acceptors (Lipinski definition) is 5. The SMILES string of the molecule is CC(C)CCC[C@@H](C)[C@H]1CC[C@H]2[C@@H]3CC=C4C[C@@H](OC(=O)c5ccc(OCCCCCCCCCCCOc6ccncc6)cc5)CC[C@]4(C)[C@H]3CC[C@]12C. The average molecular weight is 754 g/mol. The smallest absolute Gasteiger partial charge is 0.338 e. The van der Waals surface area contributed by atoms with E-state index in [4.69, 9.17) is 14.2 Å². The van der Waals surface area contributed by atoms with Crippen molar-refractivity contribution < 1.29 is 19.0 Å². The Hall–Kier alpha value is -2.82. The van der Waals surface area contributed by atoms with E-state index < -0.39 is 0 Å². The van der Waals surface area contributed by atoms with Crippen molar-refractivity contribution in [2.45, 2.75) is 169 Å². The van der Waals surface area contributed by atoms with Crippen LogP contribution < -0.4 is 9.47 Å². The minimum atomic E-state index is -0.194. The Bertz CT molecular complexity index is 1490. The highest BCUT2D eigenvalue weighted by Gasteiger charge is 2.59. The molecule has 0 radical (unpaired) electrons. The van der Waals surface area contributed by atoms with Gasteiger partial charge >= 0.3 is 5.97 Å². The largest absolute Gasteiger partial charge is 0.494 e. The van der Waals surface area contributed by atoms with Crippen LogP contribution in [0.25, 0.3) is 0 Å². The van der Waals surface area contributed by atoms with Crippen LogP contribution in [-0.2, 0) is 4.74 Å². The Morgan fingerprint density at radius 1 is 0.727 bits per heavy atom. The maximum absolute atomic E-state index is 13.3. The Morgan fingerprint density at radius 3 is 2.02 bits per heavy atom. The van der Waals surface area contributed by atoms with E-state index in [2.05, 4.69) is 45.7 Å². The molecule has 2 aromatic rings. The van der Waals surface area contributed by atoms with Crippen LogP contribution in [0.5, 0.6) is 11.5 Å². The van der Waals surface area contributed by atoms with E-state index in [9.17, 15) is 4.79 Å². The molecular formula is C50H75NO4. The molecule has 0 saturated heterocycles. The fourth-order valence-corrected chi connectivity index (χ4v) is 11.9. The predicted octanol–water partition coefficient (Wildman–Crippen LogP) is 13.6. The van der Waals surface area contributed by atoms with E-state index in [-0.39, 0.29) is 17.5 Å². The molecule has 5 heteroatoms. The third-order valence-electron chi connectivity index (χ3n) is 15.1. The molecule has 8 atom stereocenters. The number of carbonyl (C=O) groups excluding carboxylic acids is 1. The van der Waals surface area contributed by atoms with Crippen LogP contribution in [-0.4, -0.2) is 30.3 Å². The molecule has 3 saturated carbocycles. The number of unbranched alkanes of at least 4 members (excludes halogenated alkanes) is 8. The van der Waals surface area contributed by atoms with Gasteiger partial charge in [0.15, 0.2) is 0 Å². The number of fused-ring (bicyclic) bond motifs is 5. The lowest BCUT2D eigenvalue weighted by molar-refractivity contribution is -0.0594. The molecule has 5 nitrogen and oxygen atoms in total. The number of rotatable bonds is 21. The standard InChI is InChI=1S/C50H75NO4/c1-37(2)16-15-17-38(3)45-24-25-46-44-23-20-40-36-43(26-30-49(40,4)47(44)27-31-50(45,46)5)55-48(52)39-18-21-41(22-19-39)53-34-13-11-9-7-6-8-10-12-14-35-54-42-28-32-51-33-29-42/h18-22,28-29,32-33,37-38,43-47H,6-17,23-27,30-31,34-36H2,1-5H3/t38-,43+,44+,45-,46+,47+,49+,50-/m1/s1. The maximum Gasteiger partial charge on any atom is 0.338 e. The third-order valence-corrected chi connectivity index (χ3v) is 15.1. The summed E-state index contributed by atoms with van der Waals surface area (Å²) in [7, 11) is 0. The minimum Gasteiger partial charge on any atom is -0.494 e. The van der Waals surface area contributed by atoms with Gasteiger partial charge in [-0.25, -0.2) is 4.79 Å². The molecule has 1 heterocycles. The van der Waals surface area contributed by atoms with Crippen molar-refractivity contribution in [2.75, 3.05) is 13.2 Å². The van der Waals surface area contributed by atoms with Crippen LogP contribution >= 0.6 is 0 Å². The van der Waals surface area contributed by atoms with Crippen molar-refractivity contribution in [1.29, 1.82) is 0 Å². The number of hydrogen-bond donors (Lipinski definition) is 0. The Morgan fingerprint density at radius 2 is 1.36 bits per heavy atom. The van der Waals surface area contributed by atoms with E-state index in [1.807, 2.05) is 36.4 Å². The number of benzene rings is 1. The molecule has 0 aliphatic heterocycles. The van der Waals surface area contributed by atoms with Crippen molar-refractivity contribution in [3.8, 4) is 11.5 Å². The topological polar surface area (TPSA) is 57.7 Å². The first-order chi connectivity index (χ1) is 26.7. The van der Waals surface area contributed by atoms with Crippen LogP contribution in [0.15, 0.2) is 60.4 Å². The first kappa shape index (κ1) is 41.8. The number of pyridine rings is 1. The summed E-state index contributed by atoms with van der Waals surface area (Å²) < 4.78 is 17.9. The Kier molecular flexibility index (Phi) is 15.2. The van der Waals surface area contributed by atoms with Crippen molar-refractivity contribution in [2.24, 2.45) is 46.3 Å². The van der Waals surface area contributed by atoms with E-state index in [1.54, 1.807) is 18.0 Å². The van der Waals surface area contributed by atoms with Gasteiger partial charge in [0.05, 0.1) is 18.8 Å². The first-order valence-corrected chi connectivity index (χ1v) is 22.8. The Balaban J connectivity index is 0.857. The number of nitrogens with zero attached hydrogens (tertiary/aromatic N) is 1. The molecule has 3 fully saturated rings. The van der Waals surface area contributed by atoms with Gasteiger partial charge in [-0.2, -0.15) is 0 Å². The predicted molar refractivity (Wildman–Crippen MR) is 225 cm³/mol. The van der Waals surface area contributed by atoms with Crippen molar-refractivity contribution in [3.05, 3.63) is 66.0 Å². The molecule has 1 aromatic carbocycles. The molecule has 55 heavy (non-hydrogen) atoms. The average Bonchev–Trinajstić information content (AvgIpc) is 3.54. The molecule has 6 rings (SSSR count). The summed E-state index contributed by atoms with van der Waals surface area (Å²) in [5.41, 5.74) is 3.00. The summed E-state index contributed by atoms with van der Waals surface area (Å²) in [6.45, 7) is 14.1. The normalized spacial score (nSPS) is 29.1. The zero-order chi connectivity index (χ0) is 38.7. The van der Waals surface area contributed by atoms with E-state index in [1.165, 1.54) is 96.3 Å². The lowest BCUT2D eigenvalue weighted by Crippen LogP contribution is -2.51. The summed E-state index contributed by atoms with van der Waals surface area (Å²) in [5.74, 6) is 6.62. The number of ether oxygens (including phenoxy) is 3. The molecule has 0 unspecified atom stereocenters. The van der Waals surface area contributed by atoms with Gasteiger partial charge in [0.25, 0.3) is 0 Å². The fraction of sp³-hybridized carbons (Fsp3) is 0.720. The van der Waals surface area contributed by atoms with E-state index in [0.29, 0.717) is 11.0 Å². The maximum atomic E-state index is 13.3. The monoisotopic (exact) mass is 754 g/mol. The number of esters is 1. The second kappa shape index (κ2) is 20.0. The van der Waals surface area contributed by atoms with Gasteiger partial charge in [-0.05, 0) is 141 Å². The molecule has 4 aliphatic carbocycles. The van der Waals surface area contributed by atoms with Gasteiger partial charge in [-0.1, -0.05) is 110 Å². The quantitative estimate of drug-likeness (QED) is 0.0722. The second-order valence-corrected chi connectivity index (χ2v) is 19.1. The summed E-state index contributed by atoms with van der Waals surface area (Å²) in [4.78, 5) is 17.3. The minimum absolute atomic E-state index is 0.0200. The number of aromatic nitrogens is 1. The highest BCUT2D eigenvalue weighted by molar-refractivity contribution is 5.89. The van der Waals surface area contributed by atoms with E-state index >= 15 is 0 Å². The molecule has 1 aromatic heterocycles. The highest BCUT2D eigenvalue weighted by atomic mass is 16.5. The van der Waals surface area contributed by atoms with Gasteiger partial charge in [0, 0.05) is 18.8 Å². The first-order valence-electron chi connectivity index (χ1n) is 22.8. The lowest BCUT2D eigenvalue weighted by Gasteiger charge is -2.58. The molecule has 304 valence electrons. The fourth-order valence-electron chi connectivity index (χ4n) is 11.9. The van der Waals surface area contributed by atoms with E-state index in [0.717, 1.165) is 92.3 Å². The third kappa shape index (κ3) is 10.8. The van der Waals surface area contributed by atoms with Crippen LogP contribution in [0.1, 0.15) is 173 Å². The molecule has 0 amide bonds. The van der Waals surface area contributed by atoms with Crippen LogP contribution in [0.2, 0.25) is 0 Å². The second-order valence-electron chi connectivity index (χ2n) is 19.1. The summed E-state index contributed by atoms with van der Waals surface area (Å²) in [6, 6.07) is 11.4. The van der Waals surface area contributed by atoms with Crippen LogP contribution in [0.3, 0.4) is 0 Å². The van der Waals surface area contributed by atoms with Gasteiger partial charge < -0.3 is 14.2 Å². The van der Waals surface area contributed by atoms with Crippen molar-refractivity contribution >= 4 is 5.97 Å².